The van der Waals surface area contributed by atoms with Crippen molar-refractivity contribution in [1.29, 1.82) is 0 Å². The molecule has 0 saturated heterocycles. The molecule has 0 aliphatic carbocycles. The summed E-state index contributed by atoms with van der Waals surface area (Å²) < 4.78 is 4.98. The Morgan fingerprint density at radius 3 is 2.85 bits per heavy atom. The van der Waals surface area contributed by atoms with Gasteiger partial charge in [0.05, 0.1) is 12.9 Å². The van der Waals surface area contributed by atoms with Gasteiger partial charge in [0.1, 0.15) is 5.75 Å². The van der Waals surface area contributed by atoms with E-state index in [1.807, 2.05) is 18.2 Å². The molecule has 0 bridgehead atoms. The van der Waals surface area contributed by atoms with Crippen LogP contribution in [0.3, 0.4) is 0 Å². The van der Waals surface area contributed by atoms with Crippen LogP contribution in [0, 0.1) is 0 Å². The average Bonchev–Trinajstić information content (AvgIpc) is 2.15. The molecule has 0 spiro atoms. The highest BCUT2D eigenvalue weighted by Crippen LogP contribution is 2.16. The Morgan fingerprint density at radius 2 is 2.15 bits per heavy atom. The van der Waals surface area contributed by atoms with Crippen molar-refractivity contribution in [2.45, 2.75) is 12.8 Å². The van der Waals surface area contributed by atoms with Gasteiger partial charge in [-0.1, -0.05) is 24.8 Å². The van der Waals surface area contributed by atoms with E-state index < -0.39 is 0 Å². The van der Waals surface area contributed by atoms with Crippen molar-refractivity contribution < 1.29 is 9.84 Å². The molecule has 0 saturated carbocycles. The molecule has 2 nitrogen and oxygen atoms in total. The summed E-state index contributed by atoms with van der Waals surface area (Å²) in [7, 11) is 0. The SMILES string of the molecule is C=COCCCc1ccccc1O. The van der Waals surface area contributed by atoms with Crippen LogP contribution in [0.2, 0.25) is 0 Å². The van der Waals surface area contributed by atoms with Crippen LogP contribution in [-0.2, 0) is 11.2 Å². The van der Waals surface area contributed by atoms with Crippen LogP contribution < -0.4 is 0 Å². The minimum absolute atomic E-state index is 0.362. The van der Waals surface area contributed by atoms with Crippen molar-refractivity contribution in [3.63, 3.8) is 0 Å². The molecule has 0 radical (unpaired) electrons. The van der Waals surface area contributed by atoms with Crippen LogP contribution in [0.1, 0.15) is 12.0 Å². The topological polar surface area (TPSA) is 29.5 Å². The smallest absolute Gasteiger partial charge is 0.118 e. The van der Waals surface area contributed by atoms with E-state index in [0.29, 0.717) is 12.4 Å². The highest BCUT2D eigenvalue weighted by molar-refractivity contribution is 5.31. The standard InChI is InChI=1S/C11H14O2/c1-2-13-9-5-7-10-6-3-4-8-11(10)12/h2-4,6,8,12H,1,5,7,9H2. The maximum Gasteiger partial charge on any atom is 0.118 e. The third-order valence-electron chi connectivity index (χ3n) is 1.82. The van der Waals surface area contributed by atoms with Gasteiger partial charge in [-0.15, -0.1) is 0 Å². The fourth-order valence-electron chi connectivity index (χ4n) is 1.15. The van der Waals surface area contributed by atoms with Crippen LogP contribution in [0.5, 0.6) is 5.75 Å². The summed E-state index contributed by atoms with van der Waals surface area (Å²) >= 11 is 0. The molecule has 0 aliphatic rings. The van der Waals surface area contributed by atoms with Crippen molar-refractivity contribution in [2.24, 2.45) is 0 Å². The summed E-state index contributed by atoms with van der Waals surface area (Å²) in [6, 6.07) is 7.36. The summed E-state index contributed by atoms with van der Waals surface area (Å²) in [6.45, 7) is 4.10. The molecule has 0 aromatic heterocycles. The predicted octanol–water partition coefficient (Wildman–Crippen LogP) is 2.48. The summed E-state index contributed by atoms with van der Waals surface area (Å²) in [5.74, 6) is 0.362. The summed E-state index contributed by atoms with van der Waals surface area (Å²) in [4.78, 5) is 0. The Balaban J connectivity index is 2.36. The molecular formula is C11H14O2. The van der Waals surface area contributed by atoms with Crippen molar-refractivity contribution in [3.8, 4) is 5.75 Å². The first kappa shape index (κ1) is 9.65. The largest absolute Gasteiger partial charge is 0.508 e. The lowest BCUT2D eigenvalue weighted by atomic mass is 10.1. The molecular weight excluding hydrogens is 164 g/mol. The number of hydrogen-bond donors (Lipinski definition) is 1. The van der Waals surface area contributed by atoms with E-state index in [-0.39, 0.29) is 0 Å². The quantitative estimate of drug-likeness (QED) is 0.554. The second-order valence-electron chi connectivity index (χ2n) is 2.77. The zero-order valence-electron chi connectivity index (χ0n) is 7.57. The molecule has 0 unspecified atom stereocenters. The van der Waals surface area contributed by atoms with Gasteiger partial charge in [0.15, 0.2) is 0 Å². The van der Waals surface area contributed by atoms with Crippen LogP contribution in [0.25, 0.3) is 0 Å². The lowest BCUT2D eigenvalue weighted by Crippen LogP contribution is -1.92. The Kier molecular flexibility index (Phi) is 3.89. The first-order valence-corrected chi connectivity index (χ1v) is 4.34. The first-order valence-electron chi connectivity index (χ1n) is 4.34. The molecule has 0 fully saturated rings. The Bertz CT molecular complexity index is 269. The number of para-hydroxylation sites is 1. The third-order valence-corrected chi connectivity index (χ3v) is 1.82. The monoisotopic (exact) mass is 178 g/mol. The number of rotatable bonds is 5. The van der Waals surface area contributed by atoms with Crippen LogP contribution in [0.4, 0.5) is 0 Å². The van der Waals surface area contributed by atoms with Crippen molar-refractivity contribution in [2.75, 3.05) is 6.61 Å². The van der Waals surface area contributed by atoms with Gasteiger partial charge in [-0.2, -0.15) is 0 Å². The first-order chi connectivity index (χ1) is 6.34. The van der Waals surface area contributed by atoms with Gasteiger partial charge in [-0.25, -0.2) is 0 Å². The number of aromatic hydroxyl groups is 1. The maximum absolute atomic E-state index is 9.41. The normalized spacial score (nSPS) is 9.54. The van der Waals surface area contributed by atoms with Crippen molar-refractivity contribution in [1.82, 2.24) is 0 Å². The Hall–Kier alpha value is -1.44. The van der Waals surface area contributed by atoms with Gasteiger partial charge in [-0.3, -0.25) is 0 Å². The van der Waals surface area contributed by atoms with Crippen molar-refractivity contribution in [3.05, 3.63) is 42.7 Å². The Labute approximate surface area is 78.5 Å². The molecule has 0 atom stereocenters. The van der Waals surface area contributed by atoms with E-state index in [1.165, 1.54) is 6.26 Å². The number of phenolic OH excluding ortho intramolecular Hbond substituents is 1. The molecule has 2 heteroatoms. The molecule has 1 aromatic rings. The minimum Gasteiger partial charge on any atom is -0.508 e. The zero-order chi connectivity index (χ0) is 9.52. The second kappa shape index (κ2) is 5.25. The van der Waals surface area contributed by atoms with E-state index >= 15 is 0 Å². The molecule has 70 valence electrons. The van der Waals surface area contributed by atoms with E-state index in [1.54, 1.807) is 6.07 Å². The number of benzene rings is 1. The highest BCUT2D eigenvalue weighted by atomic mass is 16.5. The molecule has 1 rings (SSSR count). The second-order valence-corrected chi connectivity index (χ2v) is 2.77. The Morgan fingerprint density at radius 1 is 1.38 bits per heavy atom. The fraction of sp³-hybridized carbons (Fsp3) is 0.273. The molecule has 0 amide bonds. The molecule has 13 heavy (non-hydrogen) atoms. The lowest BCUT2D eigenvalue weighted by Gasteiger charge is -2.03. The summed E-state index contributed by atoms with van der Waals surface area (Å²) in [5, 5.41) is 9.41. The van der Waals surface area contributed by atoms with Gasteiger partial charge in [0, 0.05) is 0 Å². The predicted molar refractivity (Wildman–Crippen MR) is 52.6 cm³/mol. The molecule has 0 heterocycles. The molecule has 1 N–H and O–H groups in total. The maximum atomic E-state index is 9.41. The number of hydrogen-bond acceptors (Lipinski definition) is 2. The van der Waals surface area contributed by atoms with E-state index in [4.69, 9.17) is 4.74 Å². The van der Waals surface area contributed by atoms with E-state index in [2.05, 4.69) is 6.58 Å². The highest BCUT2D eigenvalue weighted by Gasteiger charge is 1.98. The van der Waals surface area contributed by atoms with Gasteiger partial charge in [0.25, 0.3) is 0 Å². The third kappa shape index (κ3) is 3.20. The van der Waals surface area contributed by atoms with E-state index in [0.717, 1.165) is 18.4 Å². The number of ether oxygens (including phenoxy) is 1. The van der Waals surface area contributed by atoms with Crippen molar-refractivity contribution >= 4 is 0 Å². The zero-order valence-corrected chi connectivity index (χ0v) is 7.57. The summed E-state index contributed by atoms with van der Waals surface area (Å²) in [6.07, 6.45) is 3.16. The lowest BCUT2D eigenvalue weighted by molar-refractivity contribution is 0.246. The van der Waals surface area contributed by atoms with Crippen LogP contribution in [0.15, 0.2) is 37.1 Å². The van der Waals surface area contributed by atoms with Gasteiger partial charge >= 0.3 is 0 Å². The number of phenols is 1. The molecule has 1 aromatic carbocycles. The molecule has 0 aliphatic heterocycles. The average molecular weight is 178 g/mol. The van der Waals surface area contributed by atoms with Gasteiger partial charge in [0.2, 0.25) is 0 Å². The van der Waals surface area contributed by atoms with Gasteiger partial charge in [-0.05, 0) is 24.5 Å². The van der Waals surface area contributed by atoms with Crippen LogP contribution in [-0.4, -0.2) is 11.7 Å². The minimum atomic E-state index is 0.362. The van der Waals surface area contributed by atoms with Crippen LogP contribution >= 0.6 is 0 Å². The van der Waals surface area contributed by atoms with E-state index in [9.17, 15) is 5.11 Å². The fourth-order valence-corrected chi connectivity index (χ4v) is 1.15. The number of aryl methyl sites for hydroxylation is 1. The summed E-state index contributed by atoms with van der Waals surface area (Å²) in [5.41, 5.74) is 0.968. The van der Waals surface area contributed by atoms with Gasteiger partial charge < -0.3 is 9.84 Å².